The Morgan fingerprint density at radius 3 is 2.80 bits per heavy atom. The fraction of sp³-hybridized carbons (Fsp3) is 0.471. The number of H-pyrrole nitrogens is 1. The summed E-state index contributed by atoms with van der Waals surface area (Å²) in [6.07, 6.45) is 4.92. The molecule has 25 heavy (non-hydrogen) atoms. The normalized spacial score (nSPS) is 15.8. The number of fused-ring (bicyclic) bond motifs is 1. The molecule has 1 N–H and O–H groups in total. The van der Waals surface area contributed by atoms with Crippen molar-refractivity contribution in [1.82, 2.24) is 20.1 Å². The first-order valence-corrected chi connectivity index (χ1v) is 10.1. The second-order valence-corrected chi connectivity index (χ2v) is 8.73. The number of nitrogens with zero attached hydrogens (tertiary/aromatic N) is 4. The van der Waals surface area contributed by atoms with Crippen LogP contribution in [-0.4, -0.2) is 53.2 Å². The predicted molar refractivity (Wildman–Crippen MR) is 103 cm³/mol. The Morgan fingerprint density at radius 2 is 2.16 bits per heavy atom. The average molecular weight is 376 g/mol. The Kier molecular flexibility index (Phi) is 4.47. The van der Waals surface area contributed by atoms with Gasteiger partial charge in [0.2, 0.25) is 0 Å². The highest BCUT2D eigenvalue weighted by Gasteiger charge is 2.25. The fourth-order valence-corrected chi connectivity index (χ4v) is 5.33. The van der Waals surface area contributed by atoms with Gasteiger partial charge in [-0.15, -0.1) is 11.3 Å². The van der Waals surface area contributed by atoms with Gasteiger partial charge in [0, 0.05) is 39.1 Å². The summed E-state index contributed by atoms with van der Waals surface area (Å²) in [6.45, 7) is 1.67. The van der Waals surface area contributed by atoms with Gasteiger partial charge in [-0.05, 0) is 37.3 Å². The Balaban J connectivity index is 1.39. The molecule has 1 aliphatic rings. The minimum Gasteiger partial charge on any atom is -0.354 e. The van der Waals surface area contributed by atoms with E-state index in [1.165, 1.54) is 17.0 Å². The SMILES string of the molecule is CN(C)c1nc2sc(C(=O)N3CCC(Cc4ccn[nH]4)CC3)cc2s1. The fourth-order valence-electron chi connectivity index (χ4n) is 3.23. The molecule has 132 valence electrons. The largest absolute Gasteiger partial charge is 0.354 e. The number of hydrogen-bond acceptors (Lipinski definition) is 6. The third-order valence-electron chi connectivity index (χ3n) is 4.64. The van der Waals surface area contributed by atoms with Crippen LogP contribution in [0.5, 0.6) is 0 Å². The number of amides is 1. The third-order valence-corrected chi connectivity index (χ3v) is 6.96. The molecule has 0 saturated carbocycles. The van der Waals surface area contributed by atoms with Crippen LogP contribution in [0.2, 0.25) is 0 Å². The summed E-state index contributed by atoms with van der Waals surface area (Å²) >= 11 is 3.15. The smallest absolute Gasteiger partial charge is 0.264 e. The lowest BCUT2D eigenvalue weighted by molar-refractivity contribution is 0.0695. The summed E-state index contributed by atoms with van der Waals surface area (Å²) in [4.78, 5) is 23.2. The molecule has 3 aromatic rings. The monoisotopic (exact) mass is 375 g/mol. The van der Waals surface area contributed by atoms with Gasteiger partial charge < -0.3 is 9.80 Å². The molecule has 0 radical (unpaired) electrons. The molecule has 0 spiro atoms. The third kappa shape index (κ3) is 3.41. The van der Waals surface area contributed by atoms with Crippen LogP contribution < -0.4 is 4.90 Å². The summed E-state index contributed by atoms with van der Waals surface area (Å²) in [5.41, 5.74) is 1.19. The van der Waals surface area contributed by atoms with E-state index in [1.54, 1.807) is 17.5 Å². The van der Waals surface area contributed by atoms with E-state index in [4.69, 9.17) is 0 Å². The van der Waals surface area contributed by atoms with E-state index >= 15 is 0 Å². The van der Waals surface area contributed by atoms with E-state index in [2.05, 4.69) is 15.2 Å². The number of anilines is 1. The van der Waals surface area contributed by atoms with Crippen molar-refractivity contribution in [2.45, 2.75) is 19.3 Å². The molecule has 0 aromatic carbocycles. The molecule has 0 aliphatic carbocycles. The van der Waals surface area contributed by atoms with Crippen LogP contribution in [0.3, 0.4) is 0 Å². The van der Waals surface area contributed by atoms with Crippen molar-refractivity contribution < 1.29 is 4.79 Å². The number of thiophene rings is 1. The lowest BCUT2D eigenvalue weighted by atomic mass is 9.92. The molecule has 3 aromatic heterocycles. The molecule has 1 fully saturated rings. The number of rotatable bonds is 4. The van der Waals surface area contributed by atoms with Crippen LogP contribution >= 0.6 is 22.7 Å². The number of hydrogen-bond donors (Lipinski definition) is 1. The van der Waals surface area contributed by atoms with E-state index < -0.39 is 0 Å². The van der Waals surface area contributed by atoms with Gasteiger partial charge in [-0.25, -0.2) is 4.98 Å². The lowest BCUT2D eigenvalue weighted by Crippen LogP contribution is -2.38. The van der Waals surface area contributed by atoms with E-state index in [0.29, 0.717) is 5.92 Å². The number of aromatic amines is 1. The van der Waals surface area contributed by atoms with Crippen LogP contribution in [0.1, 0.15) is 28.2 Å². The van der Waals surface area contributed by atoms with Crippen LogP contribution in [0.15, 0.2) is 18.3 Å². The van der Waals surface area contributed by atoms with E-state index in [0.717, 1.165) is 51.9 Å². The van der Waals surface area contributed by atoms with Crippen molar-refractivity contribution in [1.29, 1.82) is 0 Å². The van der Waals surface area contributed by atoms with E-state index in [-0.39, 0.29) is 5.91 Å². The first kappa shape index (κ1) is 16.5. The second-order valence-electron chi connectivity index (χ2n) is 6.69. The highest BCUT2D eigenvalue weighted by molar-refractivity contribution is 7.29. The summed E-state index contributed by atoms with van der Waals surface area (Å²) in [7, 11) is 3.98. The van der Waals surface area contributed by atoms with Gasteiger partial charge in [-0.2, -0.15) is 5.10 Å². The molecule has 8 heteroatoms. The van der Waals surface area contributed by atoms with Crippen molar-refractivity contribution in [2.75, 3.05) is 32.1 Å². The number of aromatic nitrogens is 3. The summed E-state index contributed by atoms with van der Waals surface area (Å²) in [5.74, 6) is 0.780. The van der Waals surface area contributed by atoms with Crippen molar-refractivity contribution in [3.63, 3.8) is 0 Å². The second kappa shape index (κ2) is 6.76. The van der Waals surface area contributed by atoms with Crippen LogP contribution in [-0.2, 0) is 6.42 Å². The number of carbonyl (C=O) groups excluding carboxylic acids is 1. The van der Waals surface area contributed by atoms with Gasteiger partial charge in [0.15, 0.2) is 5.13 Å². The molecule has 1 amide bonds. The maximum absolute atomic E-state index is 12.8. The van der Waals surface area contributed by atoms with Gasteiger partial charge in [0.05, 0.1) is 9.58 Å². The van der Waals surface area contributed by atoms with Crippen molar-refractivity contribution in [3.05, 3.63) is 28.9 Å². The zero-order valence-corrected chi connectivity index (χ0v) is 16.0. The maximum Gasteiger partial charge on any atom is 0.264 e. The molecular weight excluding hydrogens is 354 g/mol. The first-order valence-electron chi connectivity index (χ1n) is 8.45. The average Bonchev–Trinajstić information content (AvgIpc) is 3.30. The topological polar surface area (TPSA) is 65.1 Å². The summed E-state index contributed by atoms with van der Waals surface area (Å²) < 4.78 is 1.10. The Morgan fingerprint density at radius 1 is 1.36 bits per heavy atom. The summed E-state index contributed by atoms with van der Waals surface area (Å²) in [5, 5.41) is 8.02. The van der Waals surface area contributed by atoms with E-state index in [9.17, 15) is 4.79 Å². The molecule has 4 rings (SSSR count). The van der Waals surface area contributed by atoms with Crippen LogP contribution in [0, 0.1) is 5.92 Å². The van der Waals surface area contributed by atoms with Crippen LogP contribution in [0.25, 0.3) is 9.53 Å². The number of carbonyl (C=O) groups is 1. The summed E-state index contributed by atoms with van der Waals surface area (Å²) in [6, 6.07) is 4.04. The molecule has 0 unspecified atom stereocenters. The standard InChI is InChI=1S/C17H21N5OS2/c1-21(2)17-19-15-13(25-17)10-14(24-15)16(23)22-7-4-11(5-8-22)9-12-3-6-18-20-12/h3,6,10-11H,4-5,7-9H2,1-2H3,(H,18,20). The molecular formula is C17H21N5OS2. The van der Waals surface area contributed by atoms with Gasteiger partial charge in [-0.3, -0.25) is 9.89 Å². The highest BCUT2D eigenvalue weighted by atomic mass is 32.1. The quantitative estimate of drug-likeness (QED) is 0.760. The molecule has 0 bridgehead atoms. The Labute approximate surface area is 154 Å². The van der Waals surface area contributed by atoms with Crippen LogP contribution in [0.4, 0.5) is 5.13 Å². The number of piperidine rings is 1. The number of thiazole rings is 1. The molecule has 4 heterocycles. The van der Waals surface area contributed by atoms with Gasteiger partial charge in [0.25, 0.3) is 5.91 Å². The van der Waals surface area contributed by atoms with Crippen molar-refractivity contribution in [2.24, 2.45) is 5.92 Å². The minimum absolute atomic E-state index is 0.154. The maximum atomic E-state index is 12.8. The van der Waals surface area contributed by atoms with Crippen molar-refractivity contribution >= 4 is 43.2 Å². The Hall–Kier alpha value is -1.93. The number of likely N-dealkylation sites (tertiary alicyclic amines) is 1. The van der Waals surface area contributed by atoms with Gasteiger partial charge >= 0.3 is 0 Å². The van der Waals surface area contributed by atoms with Gasteiger partial charge in [0.1, 0.15) is 4.83 Å². The van der Waals surface area contributed by atoms with Crippen molar-refractivity contribution in [3.8, 4) is 0 Å². The minimum atomic E-state index is 0.154. The van der Waals surface area contributed by atoms with Gasteiger partial charge in [-0.1, -0.05) is 11.3 Å². The highest BCUT2D eigenvalue weighted by Crippen LogP contribution is 2.35. The Bertz CT molecular complexity index is 828. The zero-order chi connectivity index (χ0) is 17.4. The lowest BCUT2D eigenvalue weighted by Gasteiger charge is -2.31. The molecule has 6 nitrogen and oxygen atoms in total. The number of nitrogens with one attached hydrogen (secondary N) is 1. The predicted octanol–water partition coefficient (Wildman–Crippen LogP) is 3.24. The zero-order valence-electron chi connectivity index (χ0n) is 14.4. The molecule has 1 aliphatic heterocycles. The molecule has 0 atom stereocenters. The molecule has 1 saturated heterocycles. The van der Waals surface area contributed by atoms with E-state index in [1.807, 2.05) is 36.0 Å². The first-order chi connectivity index (χ1) is 12.1.